The Bertz CT molecular complexity index is 524. The summed E-state index contributed by atoms with van der Waals surface area (Å²) in [5, 5.41) is 38.2. The molecule has 0 bridgehead atoms. The van der Waals surface area contributed by atoms with Crippen molar-refractivity contribution >= 4 is 11.9 Å². The third-order valence-corrected chi connectivity index (χ3v) is 3.76. The Hall–Kier alpha value is -1.73. The molecule has 0 radical (unpaired) electrons. The normalized spacial score (nSPS) is 43.6. The molecule has 5 N–H and O–H groups in total. The van der Waals surface area contributed by atoms with Gasteiger partial charge in [0.05, 0.1) is 13.2 Å². The third-order valence-electron chi connectivity index (χ3n) is 3.76. The van der Waals surface area contributed by atoms with Gasteiger partial charge in [0, 0.05) is 0 Å². The number of aliphatic hydroxyl groups is 3. The molecule has 2 fully saturated rings. The standard InChI is InChI=1S/C12H16FN3O5/c1-3-11(2)5-16(10(20)15-9(11)14)12(13)8(19)7(18)6(4-17)21-12/h1,6-8,17-19H,4-5H2,2H3,(H2,14,15,20)/t6-,7-,8-,11?,12+/m1/s1. The molecule has 9 heteroatoms. The van der Waals surface area contributed by atoms with E-state index in [2.05, 4.69) is 11.2 Å². The van der Waals surface area contributed by atoms with Crippen LogP contribution in [0.25, 0.3) is 0 Å². The van der Waals surface area contributed by atoms with E-state index in [1.165, 1.54) is 6.92 Å². The van der Waals surface area contributed by atoms with Crippen molar-refractivity contribution in [2.75, 3.05) is 13.2 Å². The number of aliphatic hydroxyl groups excluding tert-OH is 3. The van der Waals surface area contributed by atoms with Crippen molar-refractivity contribution in [1.82, 2.24) is 10.2 Å². The van der Waals surface area contributed by atoms with E-state index in [9.17, 15) is 19.4 Å². The fourth-order valence-corrected chi connectivity index (χ4v) is 2.28. The second kappa shape index (κ2) is 4.92. The number of urea groups is 1. The molecule has 0 aliphatic carbocycles. The van der Waals surface area contributed by atoms with Gasteiger partial charge in [0.2, 0.25) is 0 Å². The lowest BCUT2D eigenvalue weighted by Crippen LogP contribution is -2.67. The van der Waals surface area contributed by atoms with Gasteiger partial charge in [0.1, 0.15) is 23.5 Å². The van der Waals surface area contributed by atoms with Crippen LogP contribution in [0.5, 0.6) is 0 Å². The summed E-state index contributed by atoms with van der Waals surface area (Å²) < 4.78 is 19.7. The van der Waals surface area contributed by atoms with Gasteiger partial charge >= 0.3 is 12.0 Å². The molecule has 0 saturated carbocycles. The van der Waals surface area contributed by atoms with E-state index in [1.807, 2.05) is 0 Å². The van der Waals surface area contributed by atoms with Crippen LogP contribution in [0.4, 0.5) is 9.18 Å². The maximum atomic E-state index is 14.9. The van der Waals surface area contributed by atoms with Gasteiger partial charge in [-0.15, -0.1) is 6.42 Å². The third kappa shape index (κ3) is 2.16. The van der Waals surface area contributed by atoms with Gasteiger partial charge < -0.3 is 20.1 Å². The van der Waals surface area contributed by atoms with Crippen LogP contribution < -0.4 is 5.32 Å². The van der Waals surface area contributed by atoms with Crippen LogP contribution in [0.2, 0.25) is 0 Å². The zero-order valence-electron chi connectivity index (χ0n) is 11.2. The summed E-state index contributed by atoms with van der Waals surface area (Å²) in [5.74, 6) is -1.05. The summed E-state index contributed by atoms with van der Waals surface area (Å²) in [7, 11) is 0. The van der Waals surface area contributed by atoms with Gasteiger partial charge in [-0.25, -0.2) is 4.79 Å². The van der Waals surface area contributed by atoms with E-state index in [0.717, 1.165) is 0 Å². The van der Waals surface area contributed by atoms with Crippen LogP contribution in [0.3, 0.4) is 0 Å². The van der Waals surface area contributed by atoms with Crippen LogP contribution in [-0.2, 0) is 4.74 Å². The molecular weight excluding hydrogens is 285 g/mol. The highest BCUT2D eigenvalue weighted by Crippen LogP contribution is 2.38. The highest BCUT2D eigenvalue weighted by molar-refractivity contribution is 6.03. The predicted octanol–water partition coefficient (Wildman–Crippen LogP) is -1.64. The number of rotatable bonds is 2. The highest BCUT2D eigenvalue weighted by atomic mass is 19.2. The number of carbonyl (C=O) groups excluding carboxylic acids is 1. The topological polar surface area (TPSA) is 126 Å². The number of alkyl halides is 1. The molecular formula is C12H16FN3O5. The smallest absolute Gasteiger partial charge is 0.327 e. The second-order valence-corrected chi connectivity index (χ2v) is 5.25. The minimum Gasteiger partial charge on any atom is -0.394 e. The van der Waals surface area contributed by atoms with E-state index < -0.39 is 48.9 Å². The molecule has 2 amide bonds. The van der Waals surface area contributed by atoms with Gasteiger partial charge in [-0.3, -0.25) is 15.6 Å². The van der Waals surface area contributed by atoms with Crippen LogP contribution in [0.1, 0.15) is 6.92 Å². The summed E-state index contributed by atoms with van der Waals surface area (Å²) in [5.41, 5.74) is -1.29. The number of halogens is 1. The van der Waals surface area contributed by atoms with Crippen molar-refractivity contribution < 1.29 is 29.2 Å². The molecule has 0 aromatic heterocycles. The van der Waals surface area contributed by atoms with Crippen LogP contribution in [0, 0.1) is 23.2 Å². The molecule has 1 unspecified atom stereocenters. The monoisotopic (exact) mass is 301 g/mol. The average Bonchev–Trinajstić information content (AvgIpc) is 2.68. The molecule has 2 heterocycles. The minimum absolute atomic E-state index is 0.276. The molecule has 21 heavy (non-hydrogen) atoms. The number of terminal acetylenes is 1. The Balaban J connectivity index is 2.34. The van der Waals surface area contributed by atoms with Gasteiger partial charge in [-0.05, 0) is 6.92 Å². The number of amidine groups is 1. The lowest BCUT2D eigenvalue weighted by Gasteiger charge is -2.43. The molecule has 2 saturated heterocycles. The number of amides is 2. The maximum absolute atomic E-state index is 14.9. The SMILES string of the molecule is C#CC1(C)CN([C@]2(F)O[C@H](CO)[C@@H](O)[C@H]2O)C(=O)NC1=N. The molecule has 5 atom stereocenters. The first kappa shape index (κ1) is 15.7. The lowest BCUT2D eigenvalue weighted by atomic mass is 9.87. The number of nitrogens with one attached hydrogen (secondary N) is 2. The predicted molar refractivity (Wildman–Crippen MR) is 67.7 cm³/mol. The molecule has 2 aliphatic heterocycles. The number of hydrogen-bond donors (Lipinski definition) is 5. The van der Waals surface area contributed by atoms with Gasteiger partial charge in [0.25, 0.3) is 0 Å². The molecule has 0 spiro atoms. The van der Waals surface area contributed by atoms with E-state index in [1.54, 1.807) is 0 Å². The first-order valence-corrected chi connectivity index (χ1v) is 6.18. The summed E-state index contributed by atoms with van der Waals surface area (Å²) >= 11 is 0. The summed E-state index contributed by atoms with van der Waals surface area (Å²) in [6, 6.07) is -1.03. The number of carbonyl (C=O) groups is 1. The summed E-state index contributed by atoms with van der Waals surface area (Å²) in [4.78, 5) is 12.4. The van der Waals surface area contributed by atoms with Gasteiger partial charge in [-0.1, -0.05) is 5.92 Å². The number of hydrogen-bond acceptors (Lipinski definition) is 6. The fraction of sp³-hybridized carbons (Fsp3) is 0.667. The van der Waals surface area contributed by atoms with Crippen molar-refractivity contribution in [2.45, 2.75) is 31.2 Å². The lowest BCUT2D eigenvalue weighted by molar-refractivity contribution is -0.253. The first-order chi connectivity index (χ1) is 9.69. The Kier molecular flexibility index (Phi) is 3.67. The number of nitrogens with zero attached hydrogens (tertiary/aromatic N) is 1. The zero-order chi connectivity index (χ0) is 16.0. The average molecular weight is 301 g/mol. The summed E-state index contributed by atoms with van der Waals surface area (Å²) in [6.45, 7) is 0.278. The van der Waals surface area contributed by atoms with E-state index in [-0.39, 0.29) is 5.84 Å². The molecule has 2 rings (SSSR count). The van der Waals surface area contributed by atoms with Crippen molar-refractivity contribution in [3.05, 3.63) is 0 Å². The van der Waals surface area contributed by atoms with Crippen LogP contribution in [0.15, 0.2) is 0 Å². The number of ether oxygens (including phenoxy) is 1. The zero-order valence-corrected chi connectivity index (χ0v) is 11.2. The molecule has 8 nitrogen and oxygen atoms in total. The van der Waals surface area contributed by atoms with Crippen LogP contribution in [-0.4, -0.2) is 69.5 Å². The Morgan fingerprint density at radius 1 is 1.67 bits per heavy atom. The minimum atomic E-state index is -3.05. The van der Waals surface area contributed by atoms with E-state index in [0.29, 0.717) is 4.90 Å². The Morgan fingerprint density at radius 2 is 2.29 bits per heavy atom. The van der Waals surface area contributed by atoms with Crippen molar-refractivity contribution in [3.63, 3.8) is 0 Å². The van der Waals surface area contributed by atoms with E-state index in [4.69, 9.17) is 21.7 Å². The van der Waals surface area contributed by atoms with E-state index >= 15 is 0 Å². The van der Waals surface area contributed by atoms with Gasteiger partial charge in [-0.2, -0.15) is 4.39 Å². The molecule has 0 aromatic carbocycles. The maximum Gasteiger partial charge on any atom is 0.327 e. The second-order valence-electron chi connectivity index (χ2n) is 5.25. The highest BCUT2D eigenvalue weighted by Gasteiger charge is 2.62. The van der Waals surface area contributed by atoms with Gasteiger partial charge in [0.15, 0.2) is 6.10 Å². The molecule has 2 aliphatic rings. The fourth-order valence-electron chi connectivity index (χ4n) is 2.28. The quantitative estimate of drug-likeness (QED) is 0.309. The van der Waals surface area contributed by atoms with Crippen molar-refractivity contribution in [2.24, 2.45) is 5.41 Å². The Labute approximate surface area is 120 Å². The van der Waals surface area contributed by atoms with Crippen molar-refractivity contribution in [3.8, 4) is 12.3 Å². The Morgan fingerprint density at radius 3 is 2.76 bits per heavy atom. The van der Waals surface area contributed by atoms with Crippen molar-refractivity contribution in [1.29, 1.82) is 5.41 Å². The molecule has 116 valence electrons. The first-order valence-electron chi connectivity index (χ1n) is 6.18. The largest absolute Gasteiger partial charge is 0.394 e. The molecule has 0 aromatic rings. The summed E-state index contributed by atoms with van der Waals surface area (Å²) in [6.07, 6.45) is 0.154. The van der Waals surface area contributed by atoms with Crippen LogP contribution >= 0.6 is 0 Å².